The first kappa shape index (κ1) is 10.9. The number of hydrazine groups is 1. The fourth-order valence-corrected chi connectivity index (χ4v) is 1.95. The first-order chi connectivity index (χ1) is 6.15. The Kier molecular flexibility index (Phi) is 4.12. The van der Waals surface area contributed by atoms with Crippen LogP contribution in [0.5, 0.6) is 0 Å². The molecular formula is C9H22N4. The number of hydrogen-bond acceptors (Lipinski definition) is 4. The molecule has 4 heteroatoms. The predicted octanol–water partition coefficient (Wildman–Crippen LogP) is -0.539. The molecule has 0 aromatic carbocycles. The summed E-state index contributed by atoms with van der Waals surface area (Å²) >= 11 is 0. The van der Waals surface area contributed by atoms with Gasteiger partial charge in [0.2, 0.25) is 0 Å². The summed E-state index contributed by atoms with van der Waals surface area (Å²) < 4.78 is 0. The molecule has 0 aromatic heterocycles. The van der Waals surface area contributed by atoms with Crippen molar-refractivity contribution in [2.24, 2.45) is 17.5 Å². The molecule has 4 nitrogen and oxygen atoms in total. The third kappa shape index (κ3) is 2.91. The molecule has 1 aliphatic rings. The van der Waals surface area contributed by atoms with E-state index in [4.69, 9.17) is 11.6 Å². The zero-order valence-electron chi connectivity index (χ0n) is 8.74. The number of nitrogens with two attached hydrogens (primary N) is 2. The first-order valence-corrected chi connectivity index (χ1v) is 5.09. The summed E-state index contributed by atoms with van der Waals surface area (Å²) in [4.78, 5) is 2.45. The fraction of sp³-hybridized carbons (Fsp3) is 1.00. The van der Waals surface area contributed by atoms with Gasteiger partial charge in [0.15, 0.2) is 0 Å². The van der Waals surface area contributed by atoms with E-state index < -0.39 is 0 Å². The number of rotatable bonds is 3. The quantitative estimate of drug-likeness (QED) is 0.581. The number of nitrogens with zero attached hydrogens (tertiary/aromatic N) is 2. The molecule has 1 unspecified atom stereocenters. The highest BCUT2D eigenvalue weighted by molar-refractivity contribution is 4.82. The summed E-state index contributed by atoms with van der Waals surface area (Å²) in [5, 5.41) is 1.91. The van der Waals surface area contributed by atoms with Crippen molar-refractivity contribution in [1.29, 1.82) is 0 Å². The lowest BCUT2D eigenvalue weighted by Crippen LogP contribution is -2.58. The van der Waals surface area contributed by atoms with Gasteiger partial charge in [-0.1, -0.05) is 13.8 Å². The third-order valence-corrected chi connectivity index (χ3v) is 2.75. The molecular weight excluding hydrogens is 164 g/mol. The second-order valence-electron chi connectivity index (χ2n) is 4.13. The van der Waals surface area contributed by atoms with E-state index in [0.717, 1.165) is 32.7 Å². The molecule has 0 bridgehead atoms. The van der Waals surface area contributed by atoms with Gasteiger partial charge in [0.1, 0.15) is 0 Å². The lowest BCUT2D eigenvalue weighted by Gasteiger charge is -2.41. The summed E-state index contributed by atoms with van der Waals surface area (Å²) in [5.41, 5.74) is 5.57. The second kappa shape index (κ2) is 4.91. The van der Waals surface area contributed by atoms with Crippen molar-refractivity contribution in [1.82, 2.24) is 9.91 Å². The second-order valence-corrected chi connectivity index (χ2v) is 4.13. The van der Waals surface area contributed by atoms with E-state index in [1.807, 2.05) is 5.01 Å². The summed E-state index contributed by atoms with van der Waals surface area (Å²) in [6.07, 6.45) is 0. The van der Waals surface area contributed by atoms with E-state index in [0.29, 0.717) is 12.0 Å². The zero-order valence-corrected chi connectivity index (χ0v) is 8.74. The van der Waals surface area contributed by atoms with Crippen LogP contribution in [0, 0.1) is 5.92 Å². The minimum atomic E-state index is 0.572. The molecule has 1 heterocycles. The van der Waals surface area contributed by atoms with Crippen LogP contribution in [0.15, 0.2) is 0 Å². The maximum atomic E-state index is 5.80. The molecule has 0 saturated carbocycles. The number of piperazine rings is 1. The van der Waals surface area contributed by atoms with Crippen molar-refractivity contribution in [2.45, 2.75) is 19.9 Å². The van der Waals surface area contributed by atoms with Gasteiger partial charge in [-0.15, -0.1) is 0 Å². The van der Waals surface area contributed by atoms with Gasteiger partial charge in [-0.2, -0.15) is 0 Å². The molecule has 0 aromatic rings. The van der Waals surface area contributed by atoms with E-state index in [1.165, 1.54) is 0 Å². The van der Waals surface area contributed by atoms with Crippen LogP contribution in [0.3, 0.4) is 0 Å². The largest absolute Gasteiger partial charge is 0.329 e. The van der Waals surface area contributed by atoms with Crippen molar-refractivity contribution in [3.05, 3.63) is 0 Å². The summed E-state index contributed by atoms with van der Waals surface area (Å²) in [6.45, 7) is 9.21. The molecule has 4 N–H and O–H groups in total. The Morgan fingerprint density at radius 3 is 2.62 bits per heavy atom. The highest BCUT2D eigenvalue weighted by Gasteiger charge is 2.26. The van der Waals surface area contributed by atoms with E-state index >= 15 is 0 Å². The molecule has 0 amide bonds. The van der Waals surface area contributed by atoms with E-state index in [1.54, 1.807) is 0 Å². The van der Waals surface area contributed by atoms with Crippen LogP contribution in [0.4, 0.5) is 0 Å². The van der Waals surface area contributed by atoms with E-state index in [2.05, 4.69) is 18.7 Å². The standard InChI is InChI=1S/C9H22N4/c1-8(2)9-7-13(11)6-5-12(9)4-3-10/h8-9H,3-7,10-11H2,1-2H3. The van der Waals surface area contributed by atoms with Gasteiger partial charge in [-0.25, -0.2) is 5.01 Å². The minimum absolute atomic E-state index is 0.572. The molecule has 1 saturated heterocycles. The smallest absolute Gasteiger partial charge is 0.0288 e. The van der Waals surface area contributed by atoms with Gasteiger partial charge in [0, 0.05) is 38.8 Å². The van der Waals surface area contributed by atoms with E-state index in [-0.39, 0.29) is 0 Å². The van der Waals surface area contributed by atoms with E-state index in [9.17, 15) is 0 Å². The van der Waals surface area contributed by atoms with Crippen LogP contribution in [-0.2, 0) is 0 Å². The lowest BCUT2D eigenvalue weighted by molar-refractivity contribution is 0.0523. The monoisotopic (exact) mass is 186 g/mol. The van der Waals surface area contributed by atoms with Gasteiger partial charge < -0.3 is 5.73 Å². The van der Waals surface area contributed by atoms with Crippen molar-refractivity contribution in [3.63, 3.8) is 0 Å². The molecule has 0 spiro atoms. The minimum Gasteiger partial charge on any atom is -0.329 e. The maximum Gasteiger partial charge on any atom is 0.0288 e. The van der Waals surface area contributed by atoms with Crippen LogP contribution in [-0.4, -0.2) is 48.7 Å². The highest BCUT2D eigenvalue weighted by Crippen LogP contribution is 2.14. The van der Waals surface area contributed by atoms with Crippen molar-refractivity contribution < 1.29 is 0 Å². The molecule has 13 heavy (non-hydrogen) atoms. The van der Waals surface area contributed by atoms with Gasteiger partial charge >= 0.3 is 0 Å². The van der Waals surface area contributed by atoms with Crippen molar-refractivity contribution >= 4 is 0 Å². The molecule has 1 rings (SSSR count). The van der Waals surface area contributed by atoms with Crippen LogP contribution in [0.2, 0.25) is 0 Å². The van der Waals surface area contributed by atoms with Crippen molar-refractivity contribution in [2.75, 3.05) is 32.7 Å². The molecule has 1 aliphatic heterocycles. The maximum absolute atomic E-state index is 5.80. The molecule has 0 aliphatic carbocycles. The Bertz CT molecular complexity index is 149. The highest BCUT2D eigenvalue weighted by atomic mass is 15.4. The fourth-order valence-electron chi connectivity index (χ4n) is 1.95. The average Bonchev–Trinajstić information content (AvgIpc) is 2.08. The molecule has 0 radical (unpaired) electrons. The van der Waals surface area contributed by atoms with Crippen LogP contribution >= 0.6 is 0 Å². The van der Waals surface area contributed by atoms with Crippen molar-refractivity contribution in [3.8, 4) is 0 Å². The normalized spacial score (nSPS) is 27.0. The van der Waals surface area contributed by atoms with Crippen LogP contribution < -0.4 is 11.6 Å². The SMILES string of the molecule is CC(C)C1CN(N)CCN1CCN. The Morgan fingerprint density at radius 2 is 2.08 bits per heavy atom. The van der Waals surface area contributed by atoms with Crippen LogP contribution in [0.25, 0.3) is 0 Å². The molecule has 1 atom stereocenters. The third-order valence-electron chi connectivity index (χ3n) is 2.75. The number of hydrogen-bond donors (Lipinski definition) is 2. The predicted molar refractivity (Wildman–Crippen MR) is 55.0 cm³/mol. The summed E-state index contributed by atoms with van der Waals surface area (Å²) in [7, 11) is 0. The summed E-state index contributed by atoms with van der Waals surface area (Å²) in [6, 6.07) is 0.572. The lowest BCUT2D eigenvalue weighted by atomic mass is 10.0. The van der Waals surface area contributed by atoms with Gasteiger partial charge in [0.05, 0.1) is 0 Å². The Labute approximate surface area is 80.8 Å². The summed E-state index contributed by atoms with van der Waals surface area (Å²) in [5.74, 6) is 6.45. The van der Waals surface area contributed by atoms with Gasteiger partial charge in [0.25, 0.3) is 0 Å². The van der Waals surface area contributed by atoms with Gasteiger partial charge in [-0.3, -0.25) is 10.7 Å². The Balaban J connectivity index is 2.50. The molecule has 78 valence electrons. The molecule has 1 fully saturated rings. The average molecular weight is 186 g/mol. The van der Waals surface area contributed by atoms with Gasteiger partial charge in [-0.05, 0) is 5.92 Å². The van der Waals surface area contributed by atoms with Crippen LogP contribution in [0.1, 0.15) is 13.8 Å². The Hall–Kier alpha value is -0.160. The zero-order chi connectivity index (χ0) is 9.84. The topological polar surface area (TPSA) is 58.5 Å². The first-order valence-electron chi connectivity index (χ1n) is 5.09. The Morgan fingerprint density at radius 1 is 1.38 bits per heavy atom.